The Morgan fingerprint density at radius 3 is 2.00 bits per heavy atom. The molecule has 0 aromatic carbocycles. The second kappa shape index (κ2) is 7.92. The highest BCUT2D eigenvalue weighted by molar-refractivity contribution is 6.66. The normalized spacial score (nSPS) is 28.9. The summed E-state index contributed by atoms with van der Waals surface area (Å²) in [4.78, 5) is 3.93. The first kappa shape index (κ1) is 16.5. The van der Waals surface area contributed by atoms with Crippen LogP contribution in [0.15, 0.2) is 0 Å². The van der Waals surface area contributed by atoms with Crippen molar-refractivity contribution in [1.82, 2.24) is 4.98 Å². The lowest BCUT2D eigenvalue weighted by Crippen LogP contribution is -2.64. The van der Waals surface area contributed by atoms with Crippen LogP contribution >= 0.6 is 0 Å². The molecule has 4 heteroatoms. The van der Waals surface area contributed by atoms with Gasteiger partial charge in [0, 0.05) is 24.8 Å². The fourth-order valence-corrected chi connectivity index (χ4v) is 8.22. The first-order chi connectivity index (χ1) is 9.72. The van der Waals surface area contributed by atoms with E-state index in [1.54, 1.807) is 0 Å². The Morgan fingerprint density at radius 2 is 1.45 bits per heavy atom. The molecular formula is C16H33NO2Si. The van der Waals surface area contributed by atoms with Crippen LogP contribution in [0.3, 0.4) is 0 Å². The fourth-order valence-electron chi connectivity index (χ4n) is 4.11. The Morgan fingerprint density at radius 1 is 0.900 bits per heavy atom. The summed E-state index contributed by atoms with van der Waals surface area (Å²) in [7, 11) is -2.27. The van der Waals surface area contributed by atoms with E-state index in [1.807, 2.05) is 0 Å². The van der Waals surface area contributed by atoms with E-state index >= 15 is 0 Å². The van der Waals surface area contributed by atoms with Crippen LogP contribution in [0, 0.1) is 5.92 Å². The summed E-state index contributed by atoms with van der Waals surface area (Å²) in [6.07, 6.45) is 10.7. The molecule has 0 bridgehead atoms. The Labute approximate surface area is 126 Å². The summed E-state index contributed by atoms with van der Waals surface area (Å²) in [5.41, 5.74) is 0.622. The smallest absolute Gasteiger partial charge is 0.383 e. The van der Waals surface area contributed by atoms with Crippen LogP contribution in [-0.4, -0.2) is 28.0 Å². The molecule has 0 aromatic rings. The summed E-state index contributed by atoms with van der Waals surface area (Å²) >= 11 is 0. The van der Waals surface area contributed by atoms with E-state index in [4.69, 9.17) is 8.85 Å². The molecule has 118 valence electrons. The molecule has 2 rings (SSSR count). The SMILES string of the molecule is CCO[Si](NC1CCCC1)(OCC)C1CCCCC1C. The van der Waals surface area contributed by atoms with Gasteiger partial charge in [0.2, 0.25) is 0 Å². The third-order valence-electron chi connectivity index (χ3n) is 5.08. The predicted octanol–water partition coefficient (Wildman–Crippen LogP) is 4.11. The van der Waals surface area contributed by atoms with Gasteiger partial charge in [-0.3, -0.25) is 4.98 Å². The highest BCUT2D eigenvalue weighted by Crippen LogP contribution is 2.42. The van der Waals surface area contributed by atoms with E-state index < -0.39 is 8.72 Å². The molecule has 0 saturated heterocycles. The molecule has 3 nitrogen and oxygen atoms in total. The molecule has 1 N–H and O–H groups in total. The molecule has 0 aromatic heterocycles. The Balaban J connectivity index is 2.14. The maximum Gasteiger partial charge on any atom is 0.428 e. The van der Waals surface area contributed by atoms with Gasteiger partial charge in [0.25, 0.3) is 0 Å². The fraction of sp³-hybridized carbons (Fsp3) is 1.00. The number of rotatable bonds is 7. The van der Waals surface area contributed by atoms with E-state index in [-0.39, 0.29) is 0 Å². The Bertz CT molecular complexity index is 276. The average molecular weight is 300 g/mol. The first-order valence-electron chi connectivity index (χ1n) is 8.77. The van der Waals surface area contributed by atoms with Gasteiger partial charge < -0.3 is 8.85 Å². The number of nitrogens with one attached hydrogen (secondary N) is 1. The van der Waals surface area contributed by atoms with Crippen molar-refractivity contribution < 1.29 is 8.85 Å². The summed E-state index contributed by atoms with van der Waals surface area (Å²) in [6, 6.07) is 0.633. The lowest BCUT2D eigenvalue weighted by Gasteiger charge is -2.43. The average Bonchev–Trinajstić information content (AvgIpc) is 2.92. The second-order valence-corrected chi connectivity index (χ2v) is 9.47. The van der Waals surface area contributed by atoms with Gasteiger partial charge in [0.05, 0.1) is 0 Å². The van der Waals surface area contributed by atoms with Crippen LogP contribution in [0.25, 0.3) is 0 Å². The monoisotopic (exact) mass is 299 g/mol. The number of hydrogen-bond donors (Lipinski definition) is 1. The standard InChI is InChI=1S/C16H33NO2Si/c1-4-18-20(19-5-2,17-15-11-7-8-12-15)16-13-9-6-10-14(16)3/h14-17H,4-13H2,1-3H3. The Hall–Kier alpha value is 0.0969. The number of hydrogen-bond acceptors (Lipinski definition) is 3. The molecule has 0 aliphatic heterocycles. The minimum atomic E-state index is -2.27. The maximum atomic E-state index is 6.35. The van der Waals surface area contributed by atoms with Crippen molar-refractivity contribution in [3.63, 3.8) is 0 Å². The lowest BCUT2D eigenvalue weighted by molar-refractivity contribution is 0.137. The molecule has 2 aliphatic rings. The van der Waals surface area contributed by atoms with Gasteiger partial charge in [-0.25, -0.2) is 0 Å². The van der Waals surface area contributed by atoms with E-state index in [1.165, 1.54) is 51.4 Å². The van der Waals surface area contributed by atoms with Gasteiger partial charge in [0.15, 0.2) is 0 Å². The topological polar surface area (TPSA) is 30.5 Å². The summed E-state index contributed by atoms with van der Waals surface area (Å²) in [6.45, 7) is 8.18. The molecule has 2 atom stereocenters. The zero-order valence-corrected chi connectivity index (χ0v) is 14.6. The van der Waals surface area contributed by atoms with Crippen molar-refractivity contribution in [2.24, 2.45) is 5.92 Å². The molecule has 2 aliphatic carbocycles. The predicted molar refractivity (Wildman–Crippen MR) is 85.8 cm³/mol. The van der Waals surface area contributed by atoms with E-state index in [0.717, 1.165) is 19.1 Å². The summed E-state index contributed by atoms with van der Waals surface area (Å²) in [5.74, 6) is 0.738. The van der Waals surface area contributed by atoms with Crippen molar-refractivity contribution in [2.45, 2.75) is 83.7 Å². The minimum absolute atomic E-state index is 0.622. The van der Waals surface area contributed by atoms with Gasteiger partial charge in [-0.15, -0.1) is 0 Å². The van der Waals surface area contributed by atoms with Gasteiger partial charge in [-0.2, -0.15) is 0 Å². The molecule has 20 heavy (non-hydrogen) atoms. The van der Waals surface area contributed by atoms with Crippen molar-refractivity contribution >= 4 is 8.72 Å². The maximum absolute atomic E-state index is 6.35. The van der Waals surface area contributed by atoms with Gasteiger partial charge in [0.1, 0.15) is 0 Å². The largest absolute Gasteiger partial charge is 0.428 e. The molecule has 0 heterocycles. The molecule has 2 saturated carbocycles. The van der Waals surface area contributed by atoms with Crippen LogP contribution in [-0.2, 0) is 8.85 Å². The van der Waals surface area contributed by atoms with Crippen LogP contribution in [0.1, 0.15) is 72.1 Å². The highest BCUT2D eigenvalue weighted by Gasteiger charge is 2.50. The molecule has 2 unspecified atom stereocenters. The van der Waals surface area contributed by atoms with Crippen molar-refractivity contribution in [3.05, 3.63) is 0 Å². The first-order valence-corrected chi connectivity index (χ1v) is 10.7. The van der Waals surface area contributed by atoms with E-state index in [9.17, 15) is 0 Å². The van der Waals surface area contributed by atoms with Crippen LogP contribution in [0.4, 0.5) is 0 Å². The zero-order valence-electron chi connectivity index (χ0n) is 13.6. The van der Waals surface area contributed by atoms with Crippen LogP contribution in [0.5, 0.6) is 0 Å². The van der Waals surface area contributed by atoms with Gasteiger partial charge in [-0.05, 0) is 39.0 Å². The van der Waals surface area contributed by atoms with E-state index in [0.29, 0.717) is 11.6 Å². The minimum Gasteiger partial charge on any atom is -0.383 e. The van der Waals surface area contributed by atoms with Gasteiger partial charge >= 0.3 is 8.72 Å². The zero-order chi connectivity index (χ0) is 14.4. The molecular weight excluding hydrogens is 266 g/mol. The third kappa shape index (κ3) is 3.84. The van der Waals surface area contributed by atoms with E-state index in [2.05, 4.69) is 25.8 Å². The van der Waals surface area contributed by atoms with Crippen molar-refractivity contribution in [2.75, 3.05) is 13.2 Å². The van der Waals surface area contributed by atoms with Crippen LogP contribution < -0.4 is 4.98 Å². The summed E-state index contributed by atoms with van der Waals surface area (Å²) in [5, 5.41) is 0. The molecule has 0 spiro atoms. The van der Waals surface area contributed by atoms with Gasteiger partial charge in [-0.1, -0.05) is 39.0 Å². The molecule has 2 fully saturated rings. The van der Waals surface area contributed by atoms with Crippen molar-refractivity contribution in [1.29, 1.82) is 0 Å². The quantitative estimate of drug-likeness (QED) is 0.718. The second-order valence-electron chi connectivity index (χ2n) is 6.53. The lowest BCUT2D eigenvalue weighted by atomic mass is 9.90. The molecule has 0 radical (unpaired) electrons. The highest BCUT2D eigenvalue weighted by atomic mass is 28.4. The van der Waals surface area contributed by atoms with Crippen molar-refractivity contribution in [3.8, 4) is 0 Å². The molecule has 0 amide bonds. The Kier molecular flexibility index (Phi) is 6.52. The third-order valence-corrected chi connectivity index (χ3v) is 9.16. The van der Waals surface area contributed by atoms with Crippen LogP contribution in [0.2, 0.25) is 5.54 Å². The summed E-state index contributed by atoms with van der Waals surface area (Å²) < 4.78 is 12.7.